The fourth-order valence-electron chi connectivity index (χ4n) is 2.43. The van der Waals surface area contributed by atoms with E-state index in [1.54, 1.807) is 0 Å². The zero-order valence-electron chi connectivity index (χ0n) is 8.73. The van der Waals surface area contributed by atoms with Gasteiger partial charge in [0.15, 0.2) is 0 Å². The van der Waals surface area contributed by atoms with Crippen LogP contribution in [0.1, 0.15) is 29.5 Å². The van der Waals surface area contributed by atoms with Crippen LogP contribution >= 0.6 is 0 Å². The third-order valence-electron chi connectivity index (χ3n) is 3.16. The van der Waals surface area contributed by atoms with E-state index in [9.17, 15) is 4.79 Å². The summed E-state index contributed by atoms with van der Waals surface area (Å²) in [6, 6.07) is 5.59. The maximum absolute atomic E-state index is 11.1. The molecule has 0 heterocycles. The molecule has 2 rings (SSSR count). The van der Waals surface area contributed by atoms with Gasteiger partial charge in [0, 0.05) is 6.04 Å². The molecule has 3 N–H and O–H groups in total. The van der Waals surface area contributed by atoms with Crippen molar-refractivity contribution in [2.24, 2.45) is 5.73 Å². The molecule has 0 fully saturated rings. The second-order valence-corrected chi connectivity index (χ2v) is 4.02. The summed E-state index contributed by atoms with van der Waals surface area (Å²) in [4.78, 5) is 11.1. The normalized spacial score (nSPS) is 23.9. The van der Waals surface area contributed by atoms with E-state index in [1.807, 2.05) is 12.1 Å². The Hall–Kier alpha value is -1.35. The number of carboxylic acids is 1. The molecule has 1 aliphatic carbocycles. The third-order valence-corrected chi connectivity index (χ3v) is 3.16. The molecular formula is C12H15NO2. The molecule has 2 unspecified atom stereocenters. The van der Waals surface area contributed by atoms with Crippen molar-refractivity contribution in [2.75, 3.05) is 0 Å². The third kappa shape index (κ3) is 1.53. The van der Waals surface area contributed by atoms with E-state index in [1.165, 1.54) is 5.56 Å². The van der Waals surface area contributed by atoms with Crippen LogP contribution in [-0.2, 0) is 17.6 Å². The number of carboxylic acid groups (broad SMARTS) is 1. The lowest BCUT2D eigenvalue weighted by atomic mass is 9.97. The first kappa shape index (κ1) is 10.2. The van der Waals surface area contributed by atoms with E-state index < -0.39 is 11.9 Å². The van der Waals surface area contributed by atoms with Gasteiger partial charge in [-0.1, -0.05) is 25.1 Å². The van der Waals surface area contributed by atoms with Gasteiger partial charge in [-0.25, -0.2) is 0 Å². The van der Waals surface area contributed by atoms with Crippen LogP contribution in [0.25, 0.3) is 0 Å². The molecule has 80 valence electrons. The van der Waals surface area contributed by atoms with Gasteiger partial charge in [0.2, 0.25) is 0 Å². The predicted molar refractivity (Wildman–Crippen MR) is 57.9 cm³/mol. The number of aliphatic carboxylic acids is 1. The molecule has 0 aliphatic heterocycles. The standard InChI is InChI=1S/C12H15NO2/c1-2-7-4-3-5-8-9(7)6-10(13)11(8)12(14)15/h3-5,10-11H,2,6,13H2,1H3,(H,14,15). The number of hydrogen-bond acceptors (Lipinski definition) is 2. The zero-order valence-corrected chi connectivity index (χ0v) is 8.73. The first-order valence-corrected chi connectivity index (χ1v) is 5.24. The molecule has 1 aliphatic rings. The Morgan fingerprint density at radius 2 is 2.33 bits per heavy atom. The van der Waals surface area contributed by atoms with Crippen LogP contribution in [0.5, 0.6) is 0 Å². The molecule has 0 amide bonds. The molecule has 0 saturated carbocycles. The molecule has 1 aromatic carbocycles. The first-order chi connectivity index (χ1) is 7.15. The van der Waals surface area contributed by atoms with Crippen molar-refractivity contribution in [3.63, 3.8) is 0 Å². The minimum absolute atomic E-state index is 0.273. The van der Waals surface area contributed by atoms with Gasteiger partial charge in [-0.2, -0.15) is 0 Å². The van der Waals surface area contributed by atoms with Crippen LogP contribution in [-0.4, -0.2) is 17.1 Å². The number of hydrogen-bond donors (Lipinski definition) is 2. The minimum Gasteiger partial charge on any atom is -0.481 e. The summed E-state index contributed by atoms with van der Waals surface area (Å²) >= 11 is 0. The Labute approximate surface area is 88.9 Å². The number of benzene rings is 1. The molecule has 15 heavy (non-hydrogen) atoms. The van der Waals surface area contributed by atoms with E-state index in [4.69, 9.17) is 10.8 Å². The van der Waals surface area contributed by atoms with Gasteiger partial charge in [-0.15, -0.1) is 0 Å². The molecule has 0 saturated heterocycles. The highest BCUT2D eigenvalue weighted by Crippen LogP contribution is 2.34. The quantitative estimate of drug-likeness (QED) is 0.765. The molecule has 0 spiro atoms. The highest BCUT2D eigenvalue weighted by Gasteiger charge is 2.35. The Balaban J connectivity index is 2.51. The van der Waals surface area contributed by atoms with Gasteiger partial charge in [0.25, 0.3) is 0 Å². The number of fused-ring (bicyclic) bond motifs is 1. The van der Waals surface area contributed by atoms with Crippen LogP contribution in [0.3, 0.4) is 0 Å². The Kier molecular flexibility index (Phi) is 2.49. The van der Waals surface area contributed by atoms with E-state index in [0.717, 1.165) is 17.5 Å². The van der Waals surface area contributed by atoms with Crippen LogP contribution in [0.15, 0.2) is 18.2 Å². The molecule has 3 heteroatoms. The van der Waals surface area contributed by atoms with Gasteiger partial charge in [-0.05, 0) is 29.5 Å². The minimum atomic E-state index is -0.811. The average Bonchev–Trinajstić information content (AvgIpc) is 2.53. The van der Waals surface area contributed by atoms with Crippen molar-refractivity contribution < 1.29 is 9.90 Å². The lowest BCUT2D eigenvalue weighted by Crippen LogP contribution is -2.30. The van der Waals surface area contributed by atoms with Crippen LogP contribution in [0, 0.1) is 0 Å². The Morgan fingerprint density at radius 3 is 2.93 bits per heavy atom. The summed E-state index contributed by atoms with van der Waals surface area (Å²) in [5.74, 6) is -1.33. The SMILES string of the molecule is CCc1cccc2c1CC(N)C2C(=O)O. The van der Waals surface area contributed by atoms with E-state index in [0.29, 0.717) is 6.42 Å². The van der Waals surface area contributed by atoms with Crippen LogP contribution in [0.4, 0.5) is 0 Å². The summed E-state index contributed by atoms with van der Waals surface area (Å²) in [6.45, 7) is 2.08. The summed E-state index contributed by atoms with van der Waals surface area (Å²) in [5.41, 5.74) is 9.17. The fraction of sp³-hybridized carbons (Fsp3) is 0.417. The molecule has 3 nitrogen and oxygen atoms in total. The smallest absolute Gasteiger partial charge is 0.312 e. The molecule has 0 radical (unpaired) electrons. The van der Waals surface area contributed by atoms with E-state index >= 15 is 0 Å². The van der Waals surface area contributed by atoms with E-state index in [-0.39, 0.29) is 6.04 Å². The summed E-state index contributed by atoms with van der Waals surface area (Å²) < 4.78 is 0. The second kappa shape index (κ2) is 3.66. The van der Waals surface area contributed by atoms with Crippen molar-refractivity contribution >= 4 is 5.97 Å². The van der Waals surface area contributed by atoms with Crippen LogP contribution in [0.2, 0.25) is 0 Å². The maximum atomic E-state index is 11.1. The summed E-state index contributed by atoms with van der Waals surface area (Å²) in [7, 11) is 0. The van der Waals surface area contributed by atoms with Gasteiger partial charge < -0.3 is 10.8 Å². The van der Waals surface area contributed by atoms with Gasteiger partial charge >= 0.3 is 5.97 Å². The number of rotatable bonds is 2. The van der Waals surface area contributed by atoms with Crippen LogP contribution < -0.4 is 5.73 Å². The van der Waals surface area contributed by atoms with Gasteiger partial charge in [0.1, 0.15) is 0 Å². The molecular weight excluding hydrogens is 190 g/mol. The Bertz CT molecular complexity index is 401. The number of aryl methyl sites for hydroxylation is 1. The highest BCUT2D eigenvalue weighted by atomic mass is 16.4. The van der Waals surface area contributed by atoms with Crippen molar-refractivity contribution in [3.05, 3.63) is 34.9 Å². The Morgan fingerprint density at radius 1 is 1.60 bits per heavy atom. The van der Waals surface area contributed by atoms with Crippen molar-refractivity contribution in [3.8, 4) is 0 Å². The monoisotopic (exact) mass is 205 g/mol. The molecule has 2 atom stereocenters. The van der Waals surface area contributed by atoms with Crippen molar-refractivity contribution in [1.82, 2.24) is 0 Å². The summed E-state index contributed by atoms with van der Waals surface area (Å²) in [5, 5.41) is 9.11. The topological polar surface area (TPSA) is 63.3 Å². The molecule has 0 aromatic heterocycles. The molecule has 0 bridgehead atoms. The summed E-state index contributed by atoms with van der Waals surface area (Å²) in [6.07, 6.45) is 1.62. The molecule has 1 aromatic rings. The average molecular weight is 205 g/mol. The van der Waals surface area contributed by atoms with Gasteiger partial charge in [0.05, 0.1) is 5.92 Å². The first-order valence-electron chi connectivity index (χ1n) is 5.24. The van der Waals surface area contributed by atoms with Crippen molar-refractivity contribution in [2.45, 2.75) is 31.7 Å². The largest absolute Gasteiger partial charge is 0.481 e. The lowest BCUT2D eigenvalue weighted by Gasteiger charge is -2.10. The number of carbonyl (C=O) groups is 1. The second-order valence-electron chi connectivity index (χ2n) is 4.02. The highest BCUT2D eigenvalue weighted by molar-refractivity contribution is 5.79. The number of nitrogens with two attached hydrogens (primary N) is 1. The van der Waals surface area contributed by atoms with Gasteiger partial charge in [-0.3, -0.25) is 4.79 Å². The predicted octanol–water partition coefficient (Wildman–Crippen LogP) is 1.30. The van der Waals surface area contributed by atoms with Crippen molar-refractivity contribution in [1.29, 1.82) is 0 Å². The van der Waals surface area contributed by atoms with E-state index in [2.05, 4.69) is 13.0 Å². The zero-order chi connectivity index (χ0) is 11.0. The fourth-order valence-corrected chi connectivity index (χ4v) is 2.43. The lowest BCUT2D eigenvalue weighted by molar-refractivity contribution is -0.139. The maximum Gasteiger partial charge on any atom is 0.312 e.